The van der Waals surface area contributed by atoms with Gasteiger partial charge in [0.05, 0.1) is 12.8 Å². The molecule has 1 rings (SSSR count). The largest absolute Gasteiger partial charge is 0.383 e. The molecule has 1 N–H and O–H groups in total. The van der Waals surface area contributed by atoms with E-state index < -0.39 is 10.0 Å². The molecule has 1 aromatic heterocycles. The van der Waals surface area contributed by atoms with E-state index in [2.05, 4.69) is 10.4 Å². The van der Waals surface area contributed by atoms with Crippen molar-refractivity contribution in [2.45, 2.75) is 30.8 Å². The summed E-state index contributed by atoms with van der Waals surface area (Å²) in [5, 5.41) is 7.13. The van der Waals surface area contributed by atoms with E-state index >= 15 is 0 Å². The van der Waals surface area contributed by atoms with Crippen LogP contribution in [0.15, 0.2) is 17.3 Å². The van der Waals surface area contributed by atoms with Crippen molar-refractivity contribution in [3.8, 4) is 0 Å². The number of sulfonamides is 1. The standard InChI is InChI=1S/C12H24N4O3S/c1-11(10-19-4)15(3)20(17,18)12-8-14-16(9-12)7-5-6-13-2/h8-9,11,13H,5-7,10H2,1-4H3. The summed E-state index contributed by atoms with van der Waals surface area (Å²) in [6, 6.07) is -0.224. The van der Waals surface area contributed by atoms with Gasteiger partial charge in [0.2, 0.25) is 10.0 Å². The zero-order valence-corrected chi connectivity index (χ0v) is 13.4. The molecule has 1 aromatic rings. The number of nitrogens with one attached hydrogen (secondary N) is 1. The third-order valence-corrected chi connectivity index (χ3v) is 5.05. The first-order valence-corrected chi connectivity index (χ1v) is 8.01. The normalized spacial score (nSPS) is 13.8. The van der Waals surface area contributed by atoms with Gasteiger partial charge in [-0.25, -0.2) is 8.42 Å². The average molecular weight is 304 g/mol. The van der Waals surface area contributed by atoms with Crippen LogP contribution in [0.1, 0.15) is 13.3 Å². The molecule has 0 aromatic carbocycles. The molecule has 0 aliphatic rings. The Morgan fingerprint density at radius 1 is 1.55 bits per heavy atom. The minimum absolute atomic E-state index is 0.215. The Labute approximate surface area is 121 Å². The van der Waals surface area contributed by atoms with Gasteiger partial charge < -0.3 is 10.1 Å². The Balaban J connectivity index is 2.77. The molecule has 20 heavy (non-hydrogen) atoms. The second-order valence-corrected chi connectivity index (χ2v) is 6.72. The highest BCUT2D eigenvalue weighted by atomic mass is 32.2. The fraction of sp³-hybridized carbons (Fsp3) is 0.750. The van der Waals surface area contributed by atoms with E-state index in [4.69, 9.17) is 4.74 Å². The van der Waals surface area contributed by atoms with Crippen LogP contribution < -0.4 is 5.32 Å². The van der Waals surface area contributed by atoms with Gasteiger partial charge in [0.15, 0.2) is 0 Å². The molecule has 0 fully saturated rings. The first kappa shape index (κ1) is 17.1. The maximum Gasteiger partial charge on any atom is 0.246 e. The first-order valence-electron chi connectivity index (χ1n) is 6.57. The van der Waals surface area contributed by atoms with Crippen LogP contribution in [0.5, 0.6) is 0 Å². The molecule has 0 amide bonds. The van der Waals surface area contributed by atoms with E-state index in [1.807, 2.05) is 7.05 Å². The summed E-state index contributed by atoms with van der Waals surface area (Å²) >= 11 is 0. The molecule has 8 heteroatoms. The number of hydrogen-bond donors (Lipinski definition) is 1. The van der Waals surface area contributed by atoms with E-state index in [1.165, 1.54) is 10.5 Å². The van der Waals surface area contributed by atoms with Gasteiger partial charge in [0.1, 0.15) is 4.90 Å². The van der Waals surface area contributed by atoms with Gasteiger partial charge in [-0.1, -0.05) is 0 Å². The molecule has 116 valence electrons. The molecule has 0 aliphatic carbocycles. The van der Waals surface area contributed by atoms with Gasteiger partial charge in [-0.2, -0.15) is 9.40 Å². The third-order valence-electron chi connectivity index (χ3n) is 3.13. The second-order valence-electron chi connectivity index (χ2n) is 4.72. The number of hydrogen-bond acceptors (Lipinski definition) is 5. The lowest BCUT2D eigenvalue weighted by molar-refractivity contribution is 0.149. The summed E-state index contributed by atoms with van der Waals surface area (Å²) in [6.07, 6.45) is 3.86. The van der Waals surface area contributed by atoms with E-state index in [1.54, 1.807) is 32.0 Å². The maximum atomic E-state index is 12.4. The molecule has 1 unspecified atom stereocenters. The highest BCUT2D eigenvalue weighted by Gasteiger charge is 2.26. The molecular weight excluding hydrogens is 280 g/mol. The average Bonchev–Trinajstić information content (AvgIpc) is 2.88. The van der Waals surface area contributed by atoms with Gasteiger partial charge in [-0.05, 0) is 26.9 Å². The van der Waals surface area contributed by atoms with E-state index in [-0.39, 0.29) is 10.9 Å². The van der Waals surface area contributed by atoms with Crippen LogP contribution in [0.4, 0.5) is 0 Å². The Morgan fingerprint density at radius 3 is 2.85 bits per heavy atom. The Kier molecular flexibility index (Phi) is 6.60. The molecular formula is C12H24N4O3S. The van der Waals surface area contributed by atoms with E-state index in [9.17, 15) is 8.42 Å². The molecule has 0 bridgehead atoms. The number of methoxy groups -OCH3 is 1. The molecule has 0 aliphatic heterocycles. The minimum Gasteiger partial charge on any atom is -0.383 e. The highest BCUT2D eigenvalue weighted by molar-refractivity contribution is 7.89. The van der Waals surface area contributed by atoms with E-state index in [0.717, 1.165) is 13.0 Å². The van der Waals surface area contributed by atoms with Crippen molar-refractivity contribution in [1.29, 1.82) is 0 Å². The lowest BCUT2D eigenvalue weighted by Crippen LogP contribution is -2.37. The summed E-state index contributed by atoms with van der Waals surface area (Å²) in [4.78, 5) is 0.215. The number of nitrogens with zero attached hydrogens (tertiary/aromatic N) is 3. The third kappa shape index (κ3) is 4.27. The molecule has 1 atom stereocenters. The summed E-state index contributed by atoms with van der Waals surface area (Å²) in [5.74, 6) is 0. The fourth-order valence-corrected chi connectivity index (χ4v) is 3.07. The number of rotatable bonds is 9. The molecule has 1 heterocycles. The topological polar surface area (TPSA) is 76.5 Å². The van der Waals surface area contributed by atoms with Crippen LogP contribution in [0.25, 0.3) is 0 Å². The summed E-state index contributed by atoms with van der Waals surface area (Å²) < 4.78 is 32.7. The maximum absolute atomic E-state index is 12.4. The van der Waals surface area contributed by atoms with Gasteiger partial charge in [0.25, 0.3) is 0 Å². The minimum atomic E-state index is -3.52. The monoisotopic (exact) mass is 304 g/mol. The predicted octanol–water partition coefficient (Wildman–Crippen LogP) is 0.148. The van der Waals surface area contributed by atoms with Crippen LogP contribution in [-0.2, 0) is 21.3 Å². The Morgan fingerprint density at radius 2 is 2.25 bits per heavy atom. The number of ether oxygens (including phenoxy) is 1. The summed E-state index contributed by atoms with van der Waals surface area (Å²) in [6.45, 7) is 3.71. The zero-order valence-electron chi connectivity index (χ0n) is 12.5. The molecule has 7 nitrogen and oxygen atoms in total. The Bertz CT molecular complexity index is 501. The van der Waals surface area contributed by atoms with Gasteiger partial charge in [-0.15, -0.1) is 0 Å². The number of aromatic nitrogens is 2. The lowest BCUT2D eigenvalue weighted by atomic mass is 10.4. The lowest BCUT2D eigenvalue weighted by Gasteiger charge is -2.22. The molecule has 0 saturated carbocycles. The van der Waals surface area contributed by atoms with Crippen molar-refractivity contribution in [3.05, 3.63) is 12.4 Å². The van der Waals surface area contributed by atoms with Gasteiger partial charge >= 0.3 is 0 Å². The molecule has 0 saturated heterocycles. The van der Waals surface area contributed by atoms with Gasteiger partial charge in [0, 0.05) is 32.9 Å². The van der Waals surface area contributed by atoms with Crippen molar-refractivity contribution in [2.75, 3.05) is 34.4 Å². The quantitative estimate of drug-likeness (QED) is 0.657. The van der Waals surface area contributed by atoms with Crippen LogP contribution in [0, 0.1) is 0 Å². The van der Waals surface area contributed by atoms with Crippen molar-refractivity contribution >= 4 is 10.0 Å². The fourth-order valence-electron chi connectivity index (χ4n) is 1.77. The van der Waals surface area contributed by atoms with Crippen molar-refractivity contribution < 1.29 is 13.2 Å². The van der Waals surface area contributed by atoms with Crippen LogP contribution in [-0.4, -0.2) is 62.9 Å². The zero-order chi connectivity index (χ0) is 15.2. The molecule has 0 radical (unpaired) electrons. The summed E-state index contributed by atoms with van der Waals surface area (Å²) in [5.41, 5.74) is 0. The van der Waals surface area contributed by atoms with Crippen LogP contribution >= 0.6 is 0 Å². The van der Waals surface area contributed by atoms with Crippen molar-refractivity contribution in [3.63, 3.8) is 0 Å². The van der Waals surface area contributed by atoms with Gasteiger partial charge in [-0.3, -0.25) is 4.68 Å². The molecule has 0 spiro atoms. The van der Waals surface area contributed by atoms with E-state index in [0.29, 0.717) is 13.2 Å². The number of aryl methyl sites for hydroxylation is 1. The Hall–Kier alpha value is -0.960. The first-order chi connectivity index (χ1) is 9.43. The van der Waals surface area contributed by atoms with Crippen LogP contribution in [0.3, 0.4) is 0 Å². The number of likely N-dealkylation sites (N-methyl/N-ethyl adjacent to an activating group) is 1. The van der Waals surface area contributed by atoms with Crippen LogP contribution in [0.2, 0.25) is 0 Å². The van der Waals surface area contributed by atoms with Crippen molar-refractivity contribution in [2.24, 2.45) is 0 Å². The smallest absolute Gasteiger partial charge is 0.246 e. The SMILES string of the molecule is CNCCCn1cc(S(=O)(=O)N(C)C(C)COC)cn1. The second kappa shape index (κ2) is 7.72. The predicted molar refractivity (Wildman–Crippen MR) is 77.1 cm³/mol. The van der Waals surface area contributed by atoms with Crippen molar-refractivity contribution in [1.82, 2.24) is 19.4 Å². The highest BCUT2D eigenvalue weighted by Crippen LogP contribution is 2.16. The summed E-state index contributed by atoms with van der Waals surface area (Å²) in [7, 11) is 1.47.